The predicted molar refractivity (Wildman–Crippen MR) is 289 cm³/mol. The third-order valence-corrected chi connectivity index (χ3v) is 15.3. The minimum Gasteiger partial charge on any atom is -0.344 e. The van der Waals surface area contributed by atoms with Gasteiger partial charge in [0.25, 0.3) is 0 Å². The van der Waals surface area contributed by atoms with Gasteiger partial charge in [0.15, 0.2) is 5.84 Å². The van der Waals surface area contributed by atoms with E-state index in [4.69, 9.17) is 9.98 Å². The number of hydrogen-bond acceptors (Lipinski definition) is 4. The number of nitrogens with one attached hydrogen (secondary N) is 1. The van der Waals surface area contributed by atoms with E-state index in [2.05, 4.69) is 258 Å². The number of fused-ring (bicyclic) bond motifs is 9. The summed E-state index contributed by atoms with van der Waals surface area (Å²) < 4.78 is 2.52. The average Bonchev–Trinajstić information content (AvgIpc) is 3.95. The lowest BCUT2D eigenvalue weighted by molar-refractivity contribution is 0.408. The highest BCUT2D eigenvalue weighted by molar-refractivity contribution is 6.15. The Balaban J connectivity index is 0.919. The first kappa shape index (κ1) is 40.5. The lowest BCUT2D eigenvalue weighted by Gasteiger charge is -2.38. The third kappa shape index (κ3) is 6.68. The molecule has 0 amide bonds. The molecule has 8 aromatic rings. The van der Waals surface area contributed by atoms with Crippen LogP contribution < -0.4 is 20.8 Å². The van der Waals surface area contributed by atoms with Gasteiger partial charge in [0.05, 0.1) is 22.6 Å². The Labute approximate surface area is 408 Å². The fourth-order valence-corrected chi connectivity index (χ4v) is 12.0. The first-order chi connectivity index (χ1) is 34.7. The van der Waals surface area contributed by atoms with E-state index in [1.165, 1.54) is 55.1 Å². The van der Waals surface area contributed by atoms with Gasteiger partial charge in [-0.15, -0.1) is 0 Å². The number of aliphatic imine (C=N–C) groups is 2. The normalized spacial score (nSPS) is 22.3. The Hall–Kier alpha value is -8.54. The van der Waals surface area contributed by atoms with Crippen molar-refractivity contribution in [1.82, 2.24) is 9.88 Å². The molecular weight excluding hydrogens is 851 g/mol. The van der Waals surface area contributed by atoms with Gasteiger partial charge in [0, 0.05) is 50.9 Å². The van der Waals surface area contributed by atoms with Crippen LogP contribution in [0, 0.1) is 17.8 Å². The molecule has 70 heavy (non-hydrogen) atoms. The molecule has 6 unspecified atom stereocenters. The molecule has 4 aliphatic carbocycles. The molecule has 0 spiro atoms. The minimum atomic E-state index is -0.355. The Morgan fingerprint density at radius 1 is 0.571 bits per heavy atom. The average molecular weight is 900 g/mol. The van der Waals surface area contributed by atoms with E-state index in [1.807, 2.05) is 0 Å². The number of para-hydroxylation sites is 2. The van der Waals surface area contributed by atoms with Crippen LogP contribution in [0.2, 0.25) is 0 Å². The molecule has 14 rings (SSSR count). The molecule has 0 saturated carbocycles. The van der Waals surface area contributed by atoms with Crippen LogP contribution in [0.5, 0.6) is 0 Å². The number of aromatic nitrogens is 1. The van der Waals surface area contributed by atoms with Crippen LogP contribution in [-0.2, 0) is 0 Å². The molecule has 2 aliphatic heterocycles. The molecule has 0 fully saturated rings. The van der Waals surface area contributed by atoms with Gasteiger partial charge in [-0.25, -0.2) is 9.98 Å². The maximum absolute atomic E-state index is 5.38. The smallest absolute Gasteiger partial charge is 0.159 e. The quantitative estimate of drug-likeness (QED) is 0.162. The largest absolute Gasteiger partial charge is 0.344 e. The Morgan fingerprint density at radius 3 is 2.13 bits per heavy atom. The van der Waals surface area contributed by atoms with Gasteiger partial charge in [0.1, 0.15) is 12.0 Å². The van der Waals surface area contributed by atoms with Crippen LogP contribution in [0.15, 0.2) is 246 Å². The fourth-order valence-electron chi connectivity index (χ4n) is 12.0. The molecule has 5 nitrogen and oxygen atoms in total. The molecule has 5 heteroatoms. The standard InChI is InChI=1S/C65H49N5/c1-3-16-42(17-4-1)43-30-32-46(33-31-43)63-66-64(68-65(67-63)54-25-12-11-23-51(54)44-18-5-2-6-19-44)47-34-37-50(38-35-47)69-60-41-49-22-8-7-21-48(49)40-56(60)53-27-15-29-59(62(53)69)70-57-28-14-13-26-55(57)61-52-24-10-9-20-45(52)36-39-58(61)70/h1-20,22-41,45,48,52,58,61,63H,21H2,(H,66,67,68). The van der Waals surface area contributed by atoms with Crippen LogP contribution in [0.4, 0.5) is 11.4 Å². The van der Waals surface area contributed by atoms with Crippen LogP contribution in [-0.4, -0.2) is 22.3 Å². The highest BCUT2D eigenvalue weighted by atomic mass is 15.2. The maximum Gasteiger partial charge on any atom is 0.159 e. The van der Waals surface area contributed by atoms with Crippen molar-refractivity contribution in [3.63, 3.8) is 0 Å². The zero-order valence-electron chi connectivity index (χ0n) is 38.6. The summed E-state index contributed by atoms with van der Waals surface area (Å²) in [6, 6.07) is 63.6. The van der Waals surface area contributed by atoms with Crippen LogP contribution in [0.1, 0.15) is 40.8 Å². The molecule has 1 N–H and O–H groups in total. The molecule has 0 saturated heterocycles. The number of amidine groups is 2. The molecule has 3 heterocycles. The van der Waals surface area contributed by atoms with Crippen LogP contribution >= 0.6 is 0 Å². The Kier molecular flexibility index (Phi) is 9.61. The number of nitrogens with zero attached hydrogens (tertiary/aromatic N) is 4. The van der Waals surface area contributed by atoms with E-state index < -0.39 is 0 Å². The van der Waals surface area contributed by atoms with Crippen molar-refractivity contribution in [2.75, 3.05) is 4.90 Å². The molecule has 0 bridgehead atoms. The monoisotopic (exact) mass is 899 g/mol. The van der Waals surface area contributed by atoms with Gasteiger partial charge in [-0.05, 0) is 93.8 Å². The number of anilines is 2. The van der Waals surface area contributed by atoms with E-state index in [1.54, 1.807) is 0 Å². The number of rotatable bonds is 7. The first-order valence-corrected chi connectivity index (χ1v) is 24.7. The van der Waals surface area contributed by atoms with Gasteiger partial charge in [-0.3, -0.25) is 0 Å². The Bertz CT molecular complexity index is 3740. The van der Waals surface area contributed by atoms with Crippen molar-refractivity contribution < 1.29 is 0 Å². The molecule has 334 valence electrons. The summed E-state index contributed by atoms with van der Waals surface area (Å²) in [4.78, 5) is 13.4. The molecule has 7 aromatic carbocycles. The minimum absolute atomic E-state index is 0.185. The van der Waals surface area contributed by atoms with E-state index in [0.29, 0.717) is 29.5 Å². The number of hydrogen-bond donors (Lipinski definition) is 1. The highest BCUT2D eigenvalue weighted by Gasteiger charge is 2.46. The molecule has 1 aromatic heterocycles. The predicted octanol–water partition coefficient (Wildman–Crippen LogP) is 13.1. The van der Waals surface area contributed by atoms with Crippen molar-refractivity contribution in [1.29, 1.82) is 0 Å². The summed E-state index contributed by atoms with van der Waals surface area (Å²) in [5, 5.41) is 7.56. The zero-order chi connectivity index (χ0) is 46.1. The van der Waals surface area contributed by atoms with Crippen molar-refractivity contribution in [3.8, 4) is 27.9 Å². The lowest BCUT2D eigenvalue weighted by Crippen LogP contribution is -2.36. The summed E-state index contributed by atoms with van der Waals surface area (Å²) in [5.74, 6) is 2.99. The lowest BCUT2D eigenvalue weighted by atomic mass is 9.70. The second-order valence-corrected chi connectivity index (χ2v) is 19.2. The summed E-state index contributed by atoms with van der Waals surface area (Å²) >= 11 is 0. The van der Waals surface area contributed by atoms with Crippen molar-refractivity contribution in [2.24, 2.45) is 27.7 Å². The van der Waals surface area contributed by atoms with Gasteiger partial charge >= 0.3 is 0 Å². The summed E-state index contributed by atoms with van der Waals surface area (Å²) in [6.45, 7) is 0. The molecule has 0 radical (unpaired) electrons. The van der Waals surface area contributed by atoms with Crippen LogP contribution in [0.3, 0.4) is 0 Å². The number of benzene rings is 7. The topological polar surface area (TPSA) is 44.9 Å². The SMILES string of the molecule is C1=CCC2C=c3c(n(-c4ccc(C5=NC(c6ccc(-c7ccccc7)cc6)NC(c6ccccc6-c6ccccc6)=N5)cc4)c4c(N5c6ccccc6C6C7C=CC=CC7C=CC65)cccc34)=CC2=C1. The first-order valence-electron chi connectivity index (χ1n) is 24.7. The van der Waals surface area contributed by atoms with Gasteiger partial charge in [-0.1, -0.05) is 200 Å². The van der Waals surface area contributed by atoms with Gasteiger partial charge in [0.2, 0.25) is 0 Å². The van der Waals surface area contributed by atoms with Crippen molar-refractivity contribution in [3.05, 3.63) is 269 Å². The molecular formula is C65H49N5. The van der Waals surface area contributed by atoms with E-state index >= 15 is 0 Å². The molecule has 6 aliphatic rings. The highest BCUT2D eigenvalue weighted by Crippen LogP contribution is 2.54. The third-order valence-electron chi connectivity index (χ3n) is 15.3. The van der Waals surface area contributed by atoms with Gasteiger partial charge in [-0.2, -0.15) is 0 Å². The summed E-state index contributed by atoms with van der Waals surface area (Å²) in [6.07, 6.45) is 26.6. The summed E-state index contributed by atoms with van der Waals surface area (Å²) in [5.41, 5.74) is 15.3. The molecule has 6 atom stereocenters. The maximum atomic E-state index is 5.38. The fraction of sp³-hybridized carbons (Fsp3) is 0.108. The summed E-state index contributed by atoms with van der Waals surface area (Å²) in [7, 11) is 0. The van der Waals surface area contributed by atoms with E-state index in [9.17, 15) is 0 Å². The van der Waals surface area contributed by atoms with Gasteiger partial charge < -0.3 is 14.8 Å². The number of allylic oxidation sites excluding steroid dienone is 9. The second-order valence-electron chi connectivity index (χ2n) is 19.2. The van der Waals surface area contributed by atoms with Crippen molar-refractivity contribution in [2.45, 2.75) is 24.5 Å². The zero-order valence-corrected chi connectivity index (χ0v) is 38.6. The Morgan fingerprint density at radius 2 is 1.29 bits per heavy atom. The van der Waals surface area contributed by atoms with E-state index in [-0.39, 0.29) is 12.2 Å². The van der Waals surface area contributed by atoms with Crippen molar-refractivity contribution >= 4 is 46.1 Å². The van der Waals surface area contributed by atoms with E-state index in [0.717, 1.165) is 45.8 Å². The van der Waals surface area contributed by atoms with Crippen LogP contribution in [0.25, 0.3) is 51.0 Å². The second kappa shape index (κ2) is 16.6.